The highest BCUT2D eigenvalue weighted by Gasteiger charge is 2.23. The lowest BCUT2D eigenvalue weighted by Gasteiger charge is -2.17. The minimum Gasteiger partial charge on any atom is -0.508 e. The van der Waals surface area contributed by atoms with Crippen molar-refractivity contribution in [2.45, 2.75) is 32.6 Å². The Hall–Kier alpha value is -2.31. The fourth-order valence-corrected chi connectivity index (χ4v) is 4.04. The Balaban J connectivity index is 1.81. The van der Waals surface area contributed by atoms with Crippen molar-refractivity contribution in [2.24, 2.45) is 0 Å². The van der Waals surface area contributed by atoms with E-state index >= 15 is 0 Å². The first-order valence-corrected chi connectivity index (χ1v) is 10.8. The molecule has 6 heteroatoms. The minimum absolute atomic E-state index is 0.186. The van der Waals surface area contributed by atoms with Gasteiger partial charge < -0.3 is 9.52 Å². The molecule has 0 fully saturated rings. The lowest BCUT2D eigenvalue weighted by Crippen LogP contribution is -2.21. The summed E-state index contributed by atoms with van der Waals surface area (Å²) in [7, 11) is 0. The van der Waals surface area contributed by atoms with Crippen LogP contribution in [-0.4, -0.2) is 39.0 Å². The first-order chi connectivity index (χ1) is 13.7. The summed E-state index contributed by atoms with van der Waals surface area (Å²) in [6.07, 6.45) is 0. The maximum absolute atomic E-state index is 10.2. The van der Waals surface area contributed by atoms with Crippen LogP contribution in [0.15, 0.2) is 52.9 Å². The summed E-state index contributed by atoms with van der Waals surface area (Å²) in [4.78, 5) is 2.37. The Labute approximate surface area is 170 Å². The first kappa shape index (κ1) is 20.4. The van der Waals surface area contributed by atoms with Gasteiger partial charge in [-0.15, -0.1) is 22.0 Å². The fraction of sp³-hybridized carbons (Fsp3) is 0.364. The van der Waals surface area contributed by atoms with E-state index in [0.29, 0.717) is 11.8 Å². The van der Waals surface area contributed by atoms with E-state index in [1.165, 1.54) is 5.56 Å². The number of thioether (sulfide) groups is 1. The molecule has 28 heavy (non-hydrogen) atoms. The van der Waals surface area contributed by atoms with E-state index in [-0.39, 0.29) is 11.0 Å². The molecule has 3 aromatic rings. The maximum atomic E-state index is 10.2. The second-order valence-corrected chi connectivity index (χ2v) is 7.88. The zero-order valence-electron chi connectivity index (χ0n) is 16.6. The van der Waals surface area contributed by atoms with Crippen molar-refractivity contribution in [3.8, 4) is 17.2 Å². The van der Waals surface area contributed by atoms with Crippen molar-refractivity contribution in [1.82, 2.24) is 15.1 Å². The number of phenolic OH excluding ortho intramolecular Hbond substituents is 1. The van der Waals surface area contributed by atoms with Crippen molar-refractivity contribution in [1.29, 1.82) is 0 Å². The standard InChI is InChI=1S/C22H27N3O2S/c1-4-25(5-2)15-16-11-13-17(14-12-16)21-23-24-22(27-21)20(28-6-3)18-9-7-8-10-19(18)26/h7-14,20,26H,4-6,15H2,1-3H3. The van der Waals surface area contributed by atoms with E-state index in [9.17, 15) is 5.11 Å². The van der Waals surface area contributed by atoms with E-state index in [4.69, 9.17) is 4.42 Å². The Morgan fingerprint density at radius 2 is 1.71 bits per heavy atom. The van der Waals surface area contributed by atoms with Gasteiger partial charge in [-0.25, -0.2) is 0 Å². The van der Waals surface area contributed by atoms with Crippen LogP contribution in [0.3, 0.4) is 0 Å². The molecule has 1 aromatic heterocycles. The number of aromatic nitrogens is 2. The van der Waals surface area contributed by atoms with E-state index in [0.717, 1.165) is 36.5 Å². The predicted octanol–water partition coefficient (Wildman–Crippen LogP) is 5.13. The van der Waals surface area contributed by atoms with Gasteiger partial charge in [0.2, 0.25) is 11.8 Å². The smallest absolute Gasteiger partial charge is 0.247 e. The molecule has 0 aliphatic rings. The molecular formula is C22H27N3O2S. The maximum Gasteiger partial charge on any atom is 0.247 e. The zero-order valence-corrected chi connectivity index (χ0v) is 17.4. The second kappa shape index (κ2) is 9.75. The van der Waals surface area contributed by atoms with Crippen molar-refractivity contribution < 1.29 is 9.52 Å². The Morgan fingerprint density at radius 3 is 2.36 bits per heavy atom. The Morgan fingerprint density at radius 1 is 1.00 bits per heavy atom. The van der Waals surface area contributed by atoms with E-state index in [2.05, 4.69) is 48.0 Å². The number of hydrogen-bond donors (Lipinski definition) is 1. The highest BCUT2D eigenvalue weighted by Crippen LogP contribution is 2.39. The molecule has 0 amide bonds. The summed E-state index contributed by atoms with van der Waals surface area (Å²) in [6, 6.07) is 15.6. The molecule has 3 rings (SSSR count). The average molecular weight is 398 g/mol. The third kappa shape index (κ3) is 4.75. The number of benzene rings is 2. The largest absolute Gasteiger partial charge is 0.508 e. The van der Waals surface area contributed by atoms with Crippen molar-refractivity contribution in [3.63, 3.8) is 0 Å². The van der Waals surface area contributed by atoms with Gasteiger partial charge in [0.15, 0.2) is 0 Å². The molecule has 1 unspecified atom stereocenters. The van der Waals surface area contributed by atoms with Crippen molar-refractivity contribution in [3.05, 3.63) is 65.5 Å². The summed E-state index contributed by atoms with van der Waals surface area (Å²) in [5.41, 5.74) is 2.96. The first-order valence-electron chi connectivity index (χ1n) is 9.70. The fourth-order valence-electron chi connectivity index (χ4n) is 3.09. The van der Waals surface area contributed by atoms with Gasteiger partial charge in [0.05, 0.1) is 0 Å². The average Bonchev–Trinajstić information content (AvgIpc) is 3.21. The molecule has 1 N–H and O–H groups in total. The molecule has 0 saturated carbocycles. The number of hydrogen-bond acceptors (Lipinski definition) is 6. The van der Waals surface area contributed by atoms with E-state index in [1.54, 1.807) is 17.8 Å². The number of rotatable bonds is 9. The Kier molecular flexibility index (Phi) is 7.12. The molecule has 0 spiro atoms. The van der Waals surface area contributed by atoms with Crippen LogP contribution in [0.4, 0.5) is 0 Å². The topological polar surface area (TPSA) is 62.4 Å². The molecule has 1 heterocycles. The third-order valence-electron chi connectivity index (χ3n) is 4.72. The predicted molar refractivity (Wildman–Crippen MR) is 114 cm³/mol. The van der Waals surface area contributed by atoms with Crippen LogP contribution in [0, 0.1) is 0 Å². The molecular weight excluding hydrogens is 370 g/mol. The number of phenols is 1. The molecule has 2 aromatic carbocycles. The van der Waals surface area contributed by atoms with E-state index in [1.807, 2.05) is 30.3 Å². The van der Waals surface area contributed by atoms with Crippen LogP contribution >= 0.6 is 11.8 Å². The van der Waals surface area contributed by atoms with Gasteiger partial charge in [-0.05, 0) is 42.6 Å². The van der Waals surface area contributed by atoms with Crippen molar-refractivity contribution in [2.75, 3.05) is 18.8 Å². The lowest BCUT2D eigenvalue weighted by molar-refractivity contribution is 0.296. The van der Waals surface area contributed by atoms with Crippen molar-refractivity contribution >= 4 is 11.8 Å². The molecule has 0 bridgehead atoms. The van der Waals surface area contributed by atoms with Crippen LogP contribution in [0.5, 0.6) is 5.75 Å². The molecule has 148 valence electrons. The summed E-state index contributed by atoms with van der Waals surface area (Å²) >= 11 is 1.66. The molecule has 0 radical (unpaired) electrons. The molecule has 0 saturated heterocycles. The van der Waals surface area contributed by atoms with Crippen LogP contribution in [-0.2, 0) is 6.54 Å². The molecule has 0 aliphatic carbocycles. The second-order valence-electron chi connectivity index (χ2n) is 6.50. The molecule has 5 nitrogen and oxygen atoms in total. The SMILES string of the molecule is CCSC(c1nnc(-c2ccc(CN(CC)CC)cc2)o1)c1ccccc1O. The normalized spacial score (nSPS) is 12.4. The van der Waals surface area contributed by atoms with Gasteiger partial charge in [0.25, 0.3) is 0 Å². The zero-order chi connectivity index (χ0) is 19.9. The summed E-state index contributed by atoms with van der Waals surface area (Å²) in [6.45, 7) is 9.43. The van der Waals surface area contributed by atoms with Crippen LogP contribution in [0.25, 0.3) is 11.5 Å². The number of para-hydroxylation sites is 1. The van der Waals surface area contributed by atoms with Crippen LogP contribution in [0.2, 0.25) is 0 Å². The summed E-state index contributed by atoms with van der Waals surface area (Å²) in [5, 5.41) is 18.6. The highest BCUT2D eigenvalue weighted by atomic mass is 32.2. The molecule has 0 aliphatic heterocycles. The molecule has 1 atom stereocenters. The number of aromatic hydroxyl groups is 1. The summed E-state index contributed by atoms with van der Waals surface area (Å²) < 4.78 is 5.99. The summed E-state index contributed by atoms with van der Waals surface area (Å²) in [5.74, 6) is 2.13. The monoisotopic (exact) mass is 397 g/mol. The lowest BCUT2D eigenvalue weighted by atomic mass is 10.1. The minimum atomic E-state index is -0.186. The highest BCUT2D eigenvalue weighted by molar-refractivity contribution is 7.99. The van der Waals surface area contributed by atoms with Gasteiger partial charge in [0.1, 0.15) is 11.0 Å². The van der Waals surface area contributed by atoms with Gasteiger partial charge in [-0.1, -0.05) is 51.1 Å². The Bertz CT molecular complexity index is 875. The van der Waals surface area contributed by atoms with Crippen LogP contribution < -0.4 is 0 Å². The van der Waals surface area contributed by atoms with Crippen LogP contribution in [0.1, 0.15) is 43.0 Å². The van der Waals surface area contributed by atoms with E-state index < -0.39 is 0 Å². The number of nitrogens with zero attached hydrogens (tertiary/aromatic N) is 3. The van der Waals surface area contributed by atoms with Gasteiger partial charge in [-0.2, -0.15) is 0 Å². The van der Waals surface area contributed by atoms with Gasteiger partial charge >= 0.3 is 0 Å². The third-order valence-corrected chi connectivity index (χ3v) is 5.84. The van der Waals surface area contributed by atoms with Gasteiger partial charge in [-0.3, -0.25) is 4.90 Å². The quantitative estimate of drug-likeness (QED) is 0.540. The van der Waals surface area contributed by atoms with Gasteiger partial charge in [0, 0.05) is 17.7 Å².